The Labute approximate surface area is 113 Å². The van der Waals surface area contributed by atoms with Crippen molar-refractivity contribution in [3.63, 3.8) is 0 Å². The zero-order valence-corrected chi connectivity index (χ0v) is 11.4. The van der Waals surface area contributed by atoms with Crippen LogP contribution < -0.4 is 0 Å². The highest BCUT2D eigenvalue weighted by atomic mass is 79.9. The van der Waals surface area contributed by atoms with Gasteiger partial charge >= 0.3 is 0 Å². The number of benzene rings is 1. The van der Waals surface area contributed by atoms with Crippen LogP contribution >= 0.6 is 27.5 Å². The molecule has 0 bridgehead atoms. The van der Waals surface area contributed by atoms with E-state index in [1.54, 1.807) is 36.7 Å². The summed E-state index contributed by atoms with van der Waals surface area (Å²) in [5.41, 5.74) is 1.99. The zero-order valence-electron chi connectivity index (χ0n) is 9.08. The van der Waals surface area contributed by atoms with Gasteiger partial charge in [0, 0.05) is 28.0 Å². The second-order valence-corrected chi connectivity index (χ2v) is 5.03. The van der Waals surface area contributed by atoms with Crippen molar-refractivity contribution < 1.29 is 4.79 Å². The van der Waals surface area contributed by atoms with Crippen molar-refractivity contribution in [3.05, 3.63) is 62.8 Å². The van der Waals surface area contributed by atoms with Crippen LogP contribution in [0.4, 0.5) is 0 Å². The quantitative estimate of drug-likeness (QED) is 0.784. The number of nitrogens with zero attached hydrogens (tertiary/aromatic N) is 1. The van der Waals surface area contributed by atoms with Crippen LogP contribution in [0.25, 0.3) is 0 Å². The molecule has 0 aliphatic rings. The molecular weight excluding hydrogens is 302 g/mol. The second kappa shape index (κ2) is 4.98. The molecule has 2 nitrogen and oxygen atoms in total. The van der Waals surface area contributed by atoms with E-state index in [1.807, 2.05) is 6.92 Å². The first kappa shape index (κ1) is 12.3. The highest BCUT2D eigenvalue weighted by molar-refractivity contribution is 9.10. The first-order chi connectivity index (χ1) is 8.08. The lowest BCUT2D eigenvalue weighted by atomic mass is 10.0. The first-order valence-electron chi connectivity index (χ1n) is 4.99. The van der Waals surface area contributed by atoms with Gasteiger partial charge in [0.2, 0.25) is 0 Å². The largest absolute Gasteiger partial charge is 0.288 e. The minimum atomic E-state index is -0.112. The van der Waals surface area contributed by atoms with E-state index in [4.69, 9.17) is 11.6 Å². The number of ketones is 1. The smallest absolute Gasteiger partial charge is 0.196 e. The van der Waals surface area contributed by atoms with Crippen LogP contribution in [-0.4, -0.2) is 10.8 Å². The van der Waals surface area contributed by atoms with Gasteiger partial charge in [0.05, 0.1) is 5.02 Å². The highest BCUT2D eigenvalue weighted by Crippen LogP contribution is 2.23. The van der Waals surface area contributed by atoms with E-state index in [-0.39, 0.29) is 5.78 Å². The Morgan fingerprint density at radius 2 is 2.06 bits per heavy atom. The molecule has 2 aromatic rings. The molecule has 0 unspecified atom stereocenters. The third-order valence-corrected chi connectivity index (χ3v) is 3.12. The van der Waals surface area contributed by atoms with Crippen molar-refractivity contribution >= 4 is 33.3 Å². The number of aromatic nitrogens is 1. The number of hydrogen-bond acceptors (Lipinski definition) is 2. The van der Waals surface area contributed by atoms with Crippen LogP contribution in [0, 0.1) is 6.92 Å². The average molecular weight is 311 g/mol. The molecule has 17 heavy (non-hydrogen) atoms. The number of hydrogen-bond donors (Lipinski definition) is 0. The molecule has 1 aromatic carbocycles. The summed E-state index contributed by atoms with van der Waals surface area (Å²) in [5, 5.41) is 0.436. The molecule has 1 heterocycles. The van der Waals surface area contributed by atoms with Crippen molar-refractivity contribution in [2.45, 2.75) is 6.92 Å². The van der Waals surface area contributed by atoms with E-state index < -0.39 is 0 Å². The number of carbonyl (C=O) groups is 1. The molecule has 0 saturated carbocycles. The van der Waals surface area contributed by atoms with E-state index in [0.29, 0.717) is 16.1 Å². The van der Waals surface area contributed by atoms with Gasteiger partial charge in [0.25, 0.3) is 0 Å². The molecule has 0 spiro atoms. The van der Waals surface area contributed by atoms with E-state index in [0.717, 1.165) is 10.0 Å². The summed E-state index contributed by atoms with van der Waals surface area (Å²) < 4.78 is 0.849. The Balaban J connectivity index is 2.44. The molecule has 86 valence electrons. The molecule has 2 rings (SSSR count). The minimum absolute atomic E-state index is 0.112. The molecule has 0 aliphatic heterocycles. The predicted molar refractivity (Wildman–Crippen MR) is 71.6 cm³/mol. The summed E-state index contributed by atoms with van der Waals surface area (Å²) in [6.45, 7) is 1.90. The van der Waals surface area contributed by atoms with Crippen molar-refractivity contribution in [2.75, 3.05) is 0 Å². The Hall–Kier alpha value is -1.19. The summed E-state index contributed by atoms with van der Waals surface area (Å²) in [6.07, 6.45) is 3.26. The average Bonchev–Trinajstić information content (AvgIpc) is 2.28. The molecule has 0 N–H and O–H groups in total. The third-order valence-electron chi connectivity index (χ3n) is 2.31. The summed E-state index contributed by atoms with van der Waals surface area (Å²) in [6, 6.07) is 7.01. The summed E-state index contributed by atoms with van der Waals surface area (Å²) in [5.74, 6) is -0.112. The molecule has 0 aliphatic carbocycles. The number of halogens is 2. The maximum atomic E-state index is 12.2. The van der Waals surface area contributed by atoms with E-state index in [9.17, 15) is 4.79 Å². The number of pyridine rings is 1. The number of aryl methyl sites for hydroxylation is 1. The SMILES string of the molecule is Cc1cncc(C(=O)c2ccc(Br)cc2Cl)c1. The van der Waals surface area contributed by atoms with Crippen LogP contribution in [0.1, 0.15) is 21.5 Å². The van der Waals surface area contributed by atoms with Crippen LogP contribution in [0.5, 0.6) is 0 Å². The molecule has 4 heteroatoms. The van der Waals surface area contributed by atoms with Crippen molar-refractivity contribution in [2.24, 2.45) is 0 Å². The van der Waals surface area contributed by atoms with Crippen LogP contribution in [0.3, 0.4) is 0 Å². The monoisotopic (exact) mass is 309 g/mol. The summed E-state index contributed by atoms with van der Waals surface area (Å²) in [4.78, 5) is 16.2. The van der Waals surface area contributed by atoms with Gasteiger partial charge in [-0.15, -0.1) is 0 Å². The fraction of sp³-hybridized carbons (Fsp3) is 0.0769. The molecule has 0 atom stereocenters. The van der Waals surface area contributed by atoms with Gasteiger partial charge in [0.1, 0.15) is 0 Å². The standard InChI is InChI=1S/C13H9BrClNO/c1-8-4-9(7-16-6-8)13(17)11-3-2-10(14)5-12(11)15/h2-7H,1H3. The summed E-state index contributed by atoms with van der Waals surface area (Å²) in [7, 11) is 0. The second-order valence-electron chi connectivity index (χ2n) is 3.70. The molecule has 0 amide bonds. The van der Waals surface area contributed by atoms with Gasteiger partial charge in [-0.25, -0.2) is 0 Å². The Morgan fingerprint density at radius 1 is 1.29 bits per heavy atom. The van der Waals surface area contributed by atoms with Gasteiger partial charge < -0.3 is 0 Å². The maximum Gasteiger partial charge on any atom is 0.196 e. The molecule has 0 radical (unpaired) electrons. The maximum absolute atomic E-state index is 12.2. The van der Waals surface area contributed by atoms with Gasteiger partial charge in [-0.2, -0.15) is 0 Å². The van der Waals surface area contributed by atoms with Gasteiger partial charge in [-0.05, 0) is 36.8 Å². The minimum Gasteiger partial charge on any atom is -0.288 e. The van der Waals surface area contributed by atoms with Gasteiger partial charge in [-0.1, -0.05) is 27.5 Å². The number of carbonyl (C=O) groups excluding carboxylic acids is 1. The lowest BCUT2D eigenvalue weighted by molar-refractivity contribution is 0.103. The van der Waals surface area contributed by atoms with Crippen LogP contribution in [0.15, 0.2) is 41.1 Å². The van der Waals surface area contributed by atoms with Crippen molar-refractivity contribution in [1.82, 2.24) is 4.98 Å². The van der Waals surface area contributed by atoms with E-state index >= 15 is 0 Å². The lowest BCUT2D eigenvalue weighted by Crippen LogP contribution is -2.03. The van der Waals surface area contributed by atoms with Crippen molar-refractivity contribution in [3.8, 4) is 0 Å². The summed E-state index contributed by atoms with van der Waals surface area (Å²) >= 11 is 9.35. The molecule has 1 aromatic heterocycles. The third kappa shape index (κ3) is 2.73. The highest BCUT2D eigenvalue weighted by Gasteiger charge is 2.13. The molecular formula is C13H9BrClNO. The van der Waals surface area contributed by atoms with Crippen LogP contribution in [-0.2, 0) is 0 Å². The van der Waals surface area contributed by atoms with Gasteiger partial charge in [-0.3, -0.25) is 9.78 Å². The fourth-order valence-corrected chi connectivity index (χ4v) is 2.27. The number of rotatable bonds is 2. The fourth-order valence-electron chi connectivity index (χ4n) is 1.51. The normalized spacial score (nSPS) is 10.3. The van der Waals surface area contributed by atoms with Crippen LogP contribution in [0.2, 0.25) is 5.02 Å². The first-order valence-corrected chi connectivity index (χ1v) is 6.16. The topological polar surface area (TPSA) is 30.0 Å². The van der Waals surface area contributed by atoms with Crippen molar-refractivity contribution in [1.29, 1.82) is 0 Å². The lowest BCUT2D eigenvalue weighted by Gasteiger charge is -2.04. The molecule has 0 fully saturated rings. The molecule has 0 saturated heterocycles. The Bertz CT molecular complexity index is 583. The van der Waals surface area contributed by atoms with E-state index in [2.05, 4.69) is 20.9 Å². The predicted octanol–water partition coefficient (Wildman–Crippen LogP) is 4.04. The Kier molecular flexibility index (Phi) is 3.60. The zero-order chi connectivity index (χ0) is 12.4. The Morgan fingerprint density at radius 3 is 2.71 bits per heavy atom. The van der Waals surface area contributed by atoms with E-state index in [1.165, 1.54) is 0 Å². The van der Waals surface area contributed by atoms with Gasteiger partial charge in [0.15, 0.2) is 5.78 Å².